The lowest BCUT2D eigenvalue weighted by Crippen LogP contribution is -2.53. The van der Waals surface area contributed by atoms with E-state index < -0.39 is 10.0 Å². The van der Waals surface area contributed by atoms with Gasteiger partial charge < -0.3 is 10.6 Å². The summed E-state index contributed by atoms with van der Waals surface area (Å²) in [5.74, 6) is -0.390. The number of piperazine rings is 1. The fourth-order valence-corrected chi connectivity index (χ4v) is 5.02. The average molecular weight is 408 g/mol. The molecule has 0 bridgehead atoms. The largest absolute Gasteiger partial charge is 0.369 e. The molecule has 1 atom stereocenters. The van der Waals surface area contributed by atoms with Crippen LogP contribution in [0.5, 0.6) is 0 Å². The summed E-state index contributed by atoms with van der Waals surface area (Å²) < 4.78 is 27.3. The molecule has 27 heavy (non-hydrogen) atoms. The molecule has 1 heterocycles. The fourth-order valence-electron chi connectivity index (χ4n) is 3.38. The summed E-state index contributed by atoms with van der Waals surface area (Å²) in [4.78, 5) is 13.7. The number of halogens is 1. The third kappa shape index (κ3) is 4.26. The van der Waals surface area contributed by atoms with Crippen molar-refractivity contribution in [2.24, 2.45) is 5.73 Å². The molecule has 1 aliphatic heterocycles. The van der Waals surface area contributed by atoms with Gasteiger partial charge in [-0.15, -0.1) is 0 Å². The molecule has 2 aromatic rings. The predicted molar refractivity (Wildman–Crippen MR) is 106 cm³/mol. The molecular formula is C19H22ClN3O3S. The highest BCUT2D eigenvalue weighted by atomic mass is 35.5. The zero-order valence-corrected chi connectivity index (χ0v) is 16.6. The van der Waals surface area contributed by atoms with Gasteiger partial charge in [-0.1, -0.05) is 29.8 Å². The van der Waals surface area contributed by atoms with Crippen molar-refractivity contribution in [3.05, 3.63) is 59.1 Å². The topological polar surface area (TPSA) is 83.7 Å². The molecular weight excluding hydrogens is 386 g/mol. The van der Waals surface area contributed by atoms with E-state index in [2.05, 4.69) is 4.90 Å². The van der Waals surface area contributed by atoms with Crippen LogP contribution in [0.3, 0.4) is 0 Å². The monoisotopic (exact) mass is 407 g/mol. The number of para-hydroxylation sites is 1. The van der Waals surface area contributed by atoms with Crippen LogP contribution in [-0.4, -0.2) is 44.3 Å². The van der Waals surface area contributed by atoms with E-state index in [-0.39, 0.29) is 23.3 Å². The van der Waals surface area contributed by atoms with Crippen molar-refractivity contribution in [1.29, 1.82) is 0 Å². The van der Waals surface area contributed by atoms with Gasteiger partial charge in [0.1, 0.15) is 0 Å². The lowest BCUT2D eigenvalue weighted by molar-refractivity contribution is -0.117. The van der Waals surface area contributed by atoms with E-state index in [1.807, 2.05) is 31.2 Å². The van der Waals surface area contributed by atoms with Crippen molar-refractivity contribution in [2.45, 2.75) is 24.3 Å². The second kappa shape index (κ2) is 7.88. The Kier molecular flexibility index (Phi) is 5.74. The average Bonchev–Trinajstić information content (AvgIpc) is 2.62. The smallest absolute Gasteiger partial charge is 0.243 e. The van der Waals surface area contributed by atoms with Crippen molar-refractivity contribution in [2.75, 3.05) is 24.5 Å². The van der Waals surface area contributed by atoms with Gasteiger partial charge in [0.2, 0.25) is 15.9 Å². The molecule has 6 nitrogen and oxygen atoms in total. The minimum absolute atomic E-state index is 0.0464. The van der Waals surface area contributed by atoms with Gasteiger partial charge in [0, 0.05) is 36.4 Å². The summed E-state index contributed by atoms with van der Waals surface area (Å²) in [7, 11) is -3.57. The standard InChI is InChI=1S/C19H22ClN3O3S/c1-14-13-22(27(25,26)17-8-6-16(20)7-9-17)10-11-23(14)18-5-3-2-4-15(18)12-19(21)24/h2-9,14H,10-13H2,1H3,(H2,21,24)/t14-/m1/s1. The van der Waals surface area contributed by atoms with E-state index in [4.69, 9.17) is 17.3 Å². The van der Waals surface area contributed by atoms with Crippen LogP contribution < -0.4 is 10.6 Å². The highest BCUT2D eigenvalue weighted by Gasteiger charge is 2.33. The summed E-state index contributed by atoms with van der Waals surface area (Å²) in [5.41, 5.74) is 7.13. The predicted octanol–water partition coefficient (Wildman–Crippen LogP) is 2.27. The second-order valence-electron chi connectivity index (χ2n) is 6.63. The molecule has 0 radical (unpaired) electrons. The first-order chi connectivity index (χ1) is 12.8. The Bertz CT molecular complexity index is 931. The van der Waals surface area contributed by atoms with Crippen molar-refractivity contribution in [3.8, 4) is 0 Å². The number of carbonyl (C=O) groups excluding carboxylic acids is 1. The van der Waals surface area contributed by atoms with E-state index in [1.54, 1.807) is 12.1 Å². The van der Waals surface area contributed by atoms with Gasteiger partial charge in [0.15, 0.2) is 0 Å². The highest BCUT2D eigenvalue weighted by Crippen LogP contribution is 2.28. The molecule has 2 N–H and O–H groups in total. The van der Waals surface area contributed by atoms with E-state index in [1.165, 1.54) is 16.4 Å². The zero-order chi connectivity index (χ0) is 19.6. The Labute approximate surface area is 164 Å². The molecule has 2 aromatic carbocycles. The number of anilines is 1. The van der Waals surface area contributed by atoms with Crippen LogP contribution >= 0.6 is 11.6 Å². The molecule has 1 amide bonds. The Hall–Kier alpha value is -2.09. The van der Waals surface area contributed by atoms with Gasteiger partial charge in [0.05, 0.1) is 11.3 Å². The maximum absolute atomic E-state index is 12.9. The Balaban J connectivity index is 1.80. The van der Waals surface area contributed by atoms with Gasteiger partial charge in [-0.25, -0.2) is 8.42 Å². The second-order valence-corrected chi connectivity index (χ2v) is 9.01. The molecule has 0 aliphatic carbocycles. The third-order valence-corrected chi connectivity index (χ3v) is 6.84. The number of amides is 1. The summed E-state index contributed by atoms with van der Waals surface area (Å²) in [5, 5.41) is 0.498. The summed E-state index contributed by atoms with van der Waals surface area (Å²) in [6.07, 6.45) is 0.159. The lowest BCUT2D eigenvalue weighted by Gasteiger charge is -2.41. The van der Waals surface area contributed by atoms with Crippen LogP contribution in [0.15, 0.2) is 53.4 Å². The number of rotatable bonds is 5. The summed E-state index contributed by atoms with van der Waals surface area (Å²) in [6, 6.07) is 13.8. The summed E-state index contributed by atoms with van der Waals surface area (Å²) in [6.45, 7) is 3.23. The maximum Gasteiger partial charge on any atom is 0.243 e. The number of primary amides is 1. The number of benzene rings is 2. The van der Waals surface area contributed by atoms with Gasteiger partial charge in [0.25, 0.3) is 0 Å². The van der Waals surface area contributed by atoms with Crippen LogP contribution in [0.25, 0.3) is 0 Å². The van der Waals surface area contributed by atoms with Gasteiger partial charge in [-0.2, -0.15) is 4.31 Å². The highest BCUT2D eigenvalue weighted by molar-refractivity contribution is 7.89. The van der Waals surface area contributed by atoms with Gasteiger partial charge in [-0.3, -0.25) is 4.79 Å². The van der Waals surface area contributed by atoms with Crippen LogP contribution in [0.2, 0.25) is 5.02 Å². The number of sulfonamides is 1. The van der Waals surface area contributed by atoms with Crippen LogP contribution in [-0.2, 0) is 21.2 Å². The minimum Gasteiger partial charge on any atom is -0.369 e. The van der Waals surface area contributed by atoms with Crippen LogP contribution in [0, 0.1) is 0 Å². The molecule has 0 saturated carbocycles. The first-order valence-corrected chi connectivity index (χ1v) is 10.5. The molecule has 1 fully saturated rings. The molecule has 3 rings (SSSR count). The molecule has 144 valence electrons. The van der Waals surface area contributed by atoms with E-state index in [0.717, 1.165) is 11.3 Å². The normalized spacial score (nSPS) is 18.4. The van der Waals surface area contributed by atoms with E-state index >= 15 is 0 Å². The van der Waals surface area contributed by atoms with Crippen LogP contribution in [0.1, 0.15) is 12.5 Å². The number of nitrogens with zero attached hydrogens (tertiary/aromatic N) is 2. The molecule has 1 saturated heterocycles. The first kappa shape index (κ1) is 19.7. The molecule has 1 aliphatic rings. The summed E-state index contributed by atoms with van der Waals surface area (Å²) >= 11 is 5.86. The third-order valence-electron chi connectivity index (χ3n) is 4.71. The molecule has 0 unspecified atom stereocenters. The van der Waals surface area contributed by atoms with Crippen molar-refractivity contribution in [1.82, 2.24) is 4.31 Å². The lowest BCUT2D eigenvalue weighted by atomic mass is 10.1. The van der Waals surface area contributed by atoms with Gasteiger partial charge in [-0.05, 0) is 42.8 Å². The number of hydrogen-bond acceptors (Lipinski definition) is 4. The zero-order valence-electron chi connectivity index (χ0n) is 15.0. The van der Waals surface area contributed by atoms with Gasteiger partial charge >= 0.3 is 0 Å². The minimum atomic E-state index is -3.57. The Morgan fingerprint density at radius 2 is 1.81 bits per heavy atom. The van der Waals surface area contributed by atoms with Crippen molar-refractivity contribution in [3.63, 3.8) is 0 Å². The molecule has 8 heteroatoms. The van der Waals surface area contributed by atoms with Crippen LogP contribution in [0.4, 0.5) is 5.69 Å². The Morgan fingerprint density at radius 1 is 1.15 bits per heavy atom. The van der Waals surface area contributed by atoms with Crippen molar-refractivity contribution >= 4 is 33.2 Å². The molecule has 0 spiro atoms. The maximum atomic E-state index is 12.9. The quantitative estimate of drug-likeness (QED) is 0.824. The fraction of sp³-hybridized carbons (Fsp3) is 0.316. The van der Waals surface area contributed by atoms with E-state index in [9.17, 15) is 13.2 Å². The Morgan fingerprint density at radius 3 is 2.44 bits per heavy atom. The van der Waals surface area contributed by atoms with Crippen molar-refractivity contribution < 1.29 is 13.2 Å². The SMILES string of the molecule is C[C@@H]1CN(S(=O)(=O)c2ccc(Cl)cc2)CCN1c1ccccc1CC(N)=O. The molecule has 0 aromatic heterocycles. The number of carbonyl (C=O) groups is 1. The van der Waals surface area contributed by atoms with E-state index in [0.29, 0.717) is 24.7 Å². The number of hydrogen-bond donors (Lipinski definition) is 1. The first-order valence-electron chi connectivity index (χ1n) is 8.67. The number of nitrogens with two attached hydrogens (primary N) is 1.